The number of amides is 1. The van der Waals surface area contributed by atoms with Gasteiger partial charge in [0.25, 0.3) is 11.6 Å². The zero-order valence-corrected chi connectivity index (χ0v) is 18.1. The highest BCUT2D eigenvalue weighted by Gasteiger charge is 2.24. The minimum absolute atomic E-state index is 0.0110. The van der Waals surface area contributed by atoms with Gasteiger partial charge in [0, 0.05) is 48.6 Å². The number of hydrogen-bond donors (Lipinski definition) is 1. The Hall–Kier alpha value is -3.40. The molecule has 1 aliphatic heterocycles. The molecule has 4 rings (SSSR count). The number of nitro groups is 1. The van der Waals surface area contributed by atoms with Crippen molar-refractivity contribution in [2.24, 2.45) is 0 Å². The Balaban J connectivity index is 1.45. The molecule has 3 heterocycles. The van der Waals surface area contributed by atoms with Crippen LogP contribution >= 0.6 is 11.3 Å². The van der Waals surface area contributed by atoms with Gasteiger partial charge in [-0.15, -0.1) is 11.3 Å². The number of non-ortho nitro benzene ring substituents is 1. The molecule has 1 amide bonds. The summed E-state index contributed by atoms with van der Waals surface area (Å²) in [5.74, 6) is 1.19. The molecule has 160 valence electrons. The molecule has 0 radical (unpaired) electrons. The number of rotatable bonds is 5. The van der Waals surface area contributed by atoms with Crippen LogP contribution in [0.25, 0.3) is 11.4 Å². The summed E-state index contributed by atoms with van der Waals surface area (Å²) in [6.45, 7) is 5.22. The summed E-state index contributed by atoms with van der Waals surface area (Å²) in [6, 6.07) is 8.37. The molecule has 0 unspecified atom stereocenters. The summed E-state index contributed by atoms with van der Waals surface area (Å²) in [5, 5.41) is 14.2. The van der Waals surface area contributed by atoms with Gasteiger partial charge in [0.05, 0.1) is 16.1 Å². The number of benzene rings is 1. The molecule has 10 heteroatoms. The Bertz CT molecular complexity index is 1120. The fourth-order valence-corrected chi connectivity index (χ4v) is 4.33. The van der Waals surface area contributed by atoms with Crippen LogP contribution in [0.3, 0.4) is 0 Å². The van der Waals surface area contributed by atoms with Crippen LogP contribution in [0.15, 0.2) is 35.8 Å². The van der Waals surface area contributed by atoms with E-state index in [0.717, 1.165) is 43.1 Å². The van der Waals surface area contributed by atoms with E-state index >= 15 is 0 Å². The number of nitro benzene ring substituents is 1. The molecule has 1 N–H and O–H groups in total. The van der Waals surface area contributed by atoms with Crippen molar-refractivity contribution in [1.29, 1.82) is 0 Å². The number of nitrogens with zero attached hydrogens (tertiary/aromatic N) is 5. The Morgan fingerprint density at radius 3 is 2.68 bits per heavy atom. The van der Waals surface area contributed by atoms with E-state index in [9.17, 15) is 14.9 Å². The first-order valence-electron chi connectivity index (χ1n) is 9.97. The number of carbonyl (C=O) groups is 1. The van der Waals surface area contributed by atoms with Crippen LogP contribution in [-0.4, -0.2) is 44.9 Å². The van der Waals surface area contributed by atoms with E-state index in [0.29, 0.717) is 16.3 Å². The van der Waals surface area contributed by atoms with E-state index in [1.165, 1.54) is 23.5 Å². The van der Waals surface area contributed by atoms with Crippen molar-refractivity contribution in [3.8, 4) is 11.4 Å². The van der Waals surface area contributed by atoms with Gasteiger partial charge >= 0.3 is 0 Å². The first kappa shape index (κ1) is 20.9. The lowest BCUT2D eigenvalue weighted by Crippen LogP contribution is -2.45. The third-order valence-electron chi connectivity index (χ3n) is 5.26. The lowest BCUT2D eigenvalue weighted by atomic mass is 10.0. The van der Waals surface area contributed by atoms with E-state index in [1.54, 1.807) is 17.6 Å². The van der Waals surface area contributed by atoms with E-state index < -0.39 is 4.92 Å². The molecule has 0 saturated carbocycles. The second-order valence-corrected chi connectivity index (χ2v) is 8.36. The highest BCUT2D eigenvalue weighted by molar-refractivity contribution is 7.11. The van der Waals surface area contributed by atoms with Crippen molar-refractivity contribution in [1.82, 2.24) is 20.3 Å². The smallest absolute Gasteiger partial charge is 0.270 e. The topological polar surface area (TPSA) is 114 Å². The van der Waals surface area contributed by atoms with Crippen molar-refractivity contribution in [3.05, 3.63) is 62.2 Å². The molecular formula is C21H22N6O3S. The molecule has 3 aromatic rings. The fourth-order valence-electron chi connectivity index (χ4n) is 3.63. The summed E-state index contributed by atoms with van der Waals surface area (Å²) in [6.07, 6.45) is 1.61. The van der Waals surface area contributed by atoms with Gasteiger partial charge in [-0.2, -0.15) is 0 Å². The van der Waals surface area contributed by atoms with E-state index in [4.69, 9.17) is 0 Å². The molecule has 1 aliphatic rings. The Labute approximate surface area is 183 Å². The molecular weight excluding hydrogens is 416 g/mol. The summed E-state index contributed by atoms with van der Waals surface area (Å²) < 4.78 is 0. The number of aryl methyl sites for hydroxylation is 2. The molecule has 0 spiro atoms. The Morgan fingerprint density at radius 2 is 2.00 bits per heavy atom. The number of nitrogens with one attached hydrogen (secondary N) is 1. The monoisotopic (exact) mass is 438 g/mol. The fraction of sp³-hybridized carbons (Fsp3) is 0.333. The average Bonchev–Trinajstić information content (AvgIpc) is 3.20. The van der Waals surface area contributed by atoms with Crippen LogP contribution in [0, 0.1) is 24.0 Å². The van der Waals surface area contributed by atoms with Crippen LogP contribution in [-0.2, 0) is 0 Å². The van der Waals surface area contributed by atoms with Gasteiger partial charge < -0.3 is 10.2 Å². The van der Waals surface area contributed by atoms with Gasteiger partial charge in [0.15, 0.2) is 5.82 Å². The third-order valence-corrected chi connectivity index (χ3v) is 6.19. The number of aromatic nitrogens is 3. The number of piperidine rings is 1. The maximum atomic E-state index is 12.4. The standard InChI is InChI=1S/C21H22N6O3S/c1-13-10-18(25-20(23-13)15-4-3-5-17(11-15)27(29)30)26-8-6-16(7-9-26)24-21(28)19-14(2)22-12-31-19/h3-5,10-12,16H,6-9H2,1-2H3,(H,24,28). The van der Waals surface area contributed by atoms with E-state index in [-0.39, 0.29) is 17.6 Å². The van der Waals surface area contributed by atoms with Gasteiger partial charge in [0.1, 0.15) is 10.7 Å². The van der Waals surface area contributed by atoms with Gasteiger partial charge in [-0.1, -0.05) is 12.1 Å². The van der Waals surface area contributed by atoms with Gasteiger partial charge in [0.2, 0.25) is 0 Å². The number of hydrogen-bond acceptors (Lipinski definition) is 8. The van der Waals surface area contributed by atoms with Gasteiger partial charge in [-0.25, -0.2) is 15.0 Å². The number of anilines is 1. The predicted octanol–water partition coefficient (Wildman–Crippen LogP) is 3.52. The number of carbonyl (C=O) groups excluding carboxylic acids is 1. The highest BCUT2D eigenvalue weighted by Crippen LogP contribution is 2.25. The SMILES string of the molecule is Cc1cc(N2CCC(NC(=O)c3scnc3C)CC2)nc(-c2cccc([N+](=O)[O-])c2)n1. The maximum Gasteiger partial charge on any atom is 0.270 e. The van der Waals surface area contributed by atoms with Crippen LogP contribution < -0.4 is 10.2 Å². The normalized spacial score (nSPS) is 14.5. The van der Waals surface area contributed by atoms with Gasteiger partial charge in [-0.05, 0) is 26.7 Å². The van der Waals surface area contributed by atoms with Gasteiger partial charge in [-0.3, -0.25) is 14.9 Å². The first-order chi connectivity index (χ1) is 14.9. The third kappa shape index (κ3) is 4.69. The van der Waals surface area contributed by atoms with Crippen molar-refractivity contribution in [2.75, 3.05) is 18.0 Å². The molecule has 31 heavy (non-hydrogen) atoms. The minimum Gasteiger partial charge on any atom is -0.356 e. The van der Waals surface area contributed by atoms with Crippen LogP contribution in [0.2, 0.25) is 0 Å². The molecule has 1 saturated heterocycles. The molecule has 0 bridgehead atoms. The lowest BCUT2D eigenvalue weighted by Gasteiger charge is -2.33. The second-order valence-electron chi connectivity index (χ2n) is 7.50. The summed E-state index contributed by atoms with van der Waals surface area (Å²) in [7, 11) is 0. The second kappa shape index (κ2) is 8.76. The van der Waals surface area contributed by atoms with Crippen molar-refractivity contribution >= 4 is 28.7 Å². The zero-order chi connectivity index (χ0) is 22.0. The summed E-state index contributed by atoms with van der Waals surface area (Å²) in [5.41, 5.74) is 3.86. The van der Waals surface area contributed by atoms with Crippen molar-refractivity contribution in [2.45, 2.75) is 32.7 Å². The van der Waals surface area contributed by atoms with Crippen molar-refractivity contribution < 1.29 is 9.72 Å². The first-order valence-corrected chi connectivity index (χ1v) is 10.8. The Morgan fingerprint density at radius 1 is 1.23 bits per heavy atom. The lowest BCUT2D eigenvalue weighted by molar-refractivity contribution is -0.384. The van der Waals surface area contributed by atoms with E-state index in [2.05, 4.69) is 25.2 Å². The molecule has 2 aromatic heterocycles. The average molecular weight is 439 g/mol. The van der Waals surface area contributed by atoms with Crippen LogP contribution in [0.5, 0.6) is 0 Å². The quantitative estimate of drug-likeness (QED) is 0.479. The highest BCUT2D eigenvalue weighted by atomic mass is 32.1. The molecule has 0 aliphatic carbocycles. The maximum absolute atomic E-state index is 12.4. The minimum atomic E-state index is -0.424. The summed E-state index contributed by atoms with van der Waals surface area (Å²) >= 11 is 1.35. The molecule has 1 fully saturated rings. The van der Waals surface area contributed by atoms with Crippen LogP contribution in [0.1, 0.15) is 33.9 Å². The largest absolute Gasteiger partial charge is 0.356 e. The van der Waals surface area contributed by atoms with Crippen LogP contribution in [0.4, 0.5) is 11.5 Å². The molecule has 1 aromatic carbocycles. The zero-order valence-electron chi connectivity index (χ0n) is 17.2. The molecule has 0 atom stereocenters. The predicted molar refractivity (Wildman–Crippen MR) is 118 cm³/mol. The molecule has 9 nitrogen and oxygen atoms in total. The number of thiazole rings is 1. The van der Waals surface area contributed by atoms with E-state index in [1.807, 2.05) is 19.9 Å². The Kier molecular flexibility index (Phi) is 5.90. The van der Waals surface area contributed by atoms with Crippen molar-refractivity contribution in [3.63, 3.8) is 0 Å². The summed E-state index contributed by atoms with van der Waals surface area (Å²) in [4.78, 5) is 39.2.